The van der Waals surface area contributed by atoms with Gasteiger partial charge in [-0.1, -0.05) is 43.3 Å². The minimum absolute atomic E-state index is 0.378. The molecule has 0 amide bonds. The first kappa shape index (κ1) is 45.1. The molecule has 6 aromatic rings. The largest absolute Gasteiger partial charge is 0.328 e. The minimum atomic E-state index is 0.378. The number of thioether (sulfide) groups is 2. The van der Waals surface area contributed by atoms with Crippen LogP contribution in [0.4, 0.5) is 17.6 Å². The number of aryl methyl sites for hydroxylation is 2. The van der Waals surface area contributed by atoms with E-state index in [9.17, 15) is 0 Å². The topological polar surface area (TPSA) is 141 Å². The Bertz CT molecular complexity index is 2520. The third-order valence-electron chi connectivity index (χ3n) is 10.8. The number of nitrogens with one attached hydrogen (secondary N) is 5. The van der Waals surface area contributed by atoms with Gasteiger partial charge in [0.05, 0.1) is 19.8 Å². The molecule has 12 nitrogen and oxygen atoms in total. The summed E-state index contributed by atoms with van der Waals surface area (Å²) in [6.07, 6.45) is 14.2. The van der Waals surface area contributed by atoms with Gasteiger partial charge in [-0.25, -0.2) is 29.9 Å². The molecule has 1 aliphatic heterocycles. The number of nitrogens with zero attached hydrogens (tertiary/aromatic N) is 7. The second-order valence-electron chi connectivity index (χ2n) is 16.0. The molecule has 0 saturated carbocycles. The first-order valence-corrected chi connectivity index (χ1v) is 25.6. The fraction of sp³-hybridized carbons (Fsp3) is 0.362. The van der Waals surface area contributed by atoms with Crippen molar-refractivity contribution in [2.75, 3.05) is 62.4 Å². The first-order valence-electron chi connectivity index (χ1n) is 21.5. The molecule has 1 atom stereocenters. The Morgan fingerprint density at radius 1 is 0.746 bits per heavy atom. The summed E-state index contributed by atoms with van der Waals surface area (Å²) >= 11 is 6.84. The summed E-state index contributed by atoms with van der Waals surface area (Å²) in [6, 6.07) is 19.0. The fourth-order valence-corrected chi connectivity index (χ4v) is 11.4. The molecule has 4 aromatic heterocycles. The average Bonchev–Trinajstić information content (AvgIpc) is 3.90. The van der Waals surface area contributed by atoms with Crippen molar-refractivity contribution in [2.24, 2.45) is 5.92 Å². The lowest BCUT2D eigenvalue weighted by molar-refractivity contribution is 0.241. The van der Waals surface area contributed by atoms with Gasteiger partial charge in [-0.3, -0.25) is 4.90 Å². The van der Waals surface area contributed by atoms with Gasteiger partial charge >= 0.3 is 0 Å². The van der Waals surface area contributed by atoms with E-state index in [4.69, 9.17) is 19.9 Å². The third kappa shape index (κ3) is 12.4. The van der Waals surface area contributed by atoms with Crippen molar-refractivity contribution >= 4 is 63.8 Å². The van der Waals surface area contributed by atoms with E-state index in [1.807, 2.05) is 18.3 Å². The highest BCUT2D eigenvalue weighted by atomic mass is 32.2. The smallest absolute Gasteiger partial charge is 0.227 e. The normalized spacial score (nSPS) is 15.6. The van der Waals surface area contributed by atoms with Crippen molar-refractivity contribution in [1.82, 2.24) is 50.8 Å². The number of anilines is 3. The molecule has 5 N–H and O–H groups in total. The summed E-state index contributed by atoms with van der Waals surface area (Å²) in [6.45, 7) is 15.0. The molecule has 0 radical (unpaired) electrons. The van der Waals surface area contributed by atoms with Crippen molar-refractivity contribution in [3.05, 3.63) is 124 Å². The number of rotatable bonds is 19. The number of hydrogen-bond donors (Lipinski definition) is 5. The maximum atomic E-state index is 5.06. The summed E-state index contributed by atoms with van der Waals surface area (Å²) in [4.78, 5) is 31.5. The van der Waals surface area contributed by atoms with E-state index in [0.717, 1.165) is 109 Å². The second kappa shape index (κ2) is 21.9. The van der Waals surface area contributed by atoms with Gasteiger partial charge in [-0.15, -0.1) is 46.2 Å². The van der Waals surface area contributed by atoms with Crippen LogP contribution in [0.1, 0.15) is 47.0 Å². The standard InChI is InChI=1S/C47H56N12S4/c1-30-20-31(2)23-36(22-30)53-46-51-12-10-39(57-46)43-56-41(45(61-5)63-43)29-50-27-35-9-7-6-8-34(35)25-33-21-32(3)24-37(26-33)54-47-52-13-11-38(58-47)42-55-40(44(60-4)62-42)28-49-16-19-59-17-14-48-15-18-59/h6-13,20-23,26,32,48-50H,14-19,24-25,27-29H2,1-5H3,(H,51,53,57)(H,52,54,58). The molecular formula is C47H56N12S4. The van der Waals surface area contributed by atoms with Gasteiger partial charge in [0.1, 0.15) is 21.4 Å². The second-order valence-corrected chi connectivity index (χ2v) is 20.1. The van der Waals surface area contributed by atoms with Gasteiger partial charge < -0.3 is 26.6 Å². The number of piperazine rings is 1. The molecule has 0 bridgehead atoms. The molecule has 328 valence electrons. The van der Waals surface area contributed by atoms with Gasteiger partial charge in [0.2, 0.25) is 11.9 Å². The average molecular weight is 917 g/mol. The maximum Gasteiger partial charge on any atom is 0.227 e. The van der Waals surface area contributed by atoms with E-state index in [-0.39, 0.29) is 0 Å². The van der Waals surface area contributed by atoms with E-state index in [1.165, 1.54) is 36.2 Å². The lowest BCUT2D eigenvalue weighted by Crippen LogP contribution is -2.45. The van der Waals surface area contributed by atoms with Crippen molar-refractivity contribution < 1.29 is 0 Å². The van der Waals surface area contributed by atoms with Gasteiger partial charge in [0.15, 0.2) is 0 Å². The van der Waals surface area contributed by atoms with Crippen molar-refractivity contribution in [3.63, 3.8) is 0 Å². The maximum absolute atomic E-state index is 5.06. The first-order chi connectivity index (χ1) is 30.8. The molecule has 0 spiro atoms. The Balaban J connectivity index is 0.879. The molecule has 1 aliphatic carbocycles. The molecule has 8 rings (SSSR count). The molecule has 1 fully saturated rings. The van der Waals surface area contributed by atoms with Crippen LogP contribution >= 0.6 is 46.2 Å². The zero-order valence-electron chi connectivity index (χ0n) is 36.6. The highest BCUT2D eigenvalue weighted by Crippen LogP contribution is 2.35. The number of hydrogen-bond acceptors (Lipinski definition) is 16. The third-order valence-corrected chi connectivity index (χ3v) is 15.4. The van der Waals surface area contributed by atoms with Crippen LogP contribution in [0.5, 0.6) is 0 Å². The highest BCUT2D eigenvalue weighted by Gasteiger charge is 2.19. The Morgan fingerprint density at radius 2 is 1.37 bits per heavy atom. The lowest BCUT2D eigenvalue weighted by Gasteiger charge is -2.27. The number of thiazole rings is 2. The summed E-state index contributed by atoms with van der Waals surface area (Å²) in [5.41, 5.74) is 12.1. The fourth-order valence-electron chi connectivity index (χ4n) is 7.95. The zero-order valence-corrected chi connectivity index (χ0v) is 39.9. The molecule has 5 heterocycles. The molecular weight excluding hydrogens is 861 g/mol. The lowest BCUT2D eigenvalue weighted by atomic mass is 9.90. The summed E-state index contributed by atoms with van der Waals surface area (Å²) in [7, 11) is 0. The Morgan fingerprint density at radius 3 is 2.02 bits per heavy atom. The van der Waals surface area contributed by atoms with Crippen molar-refractivity contribution in [1.29, 1.82) is 0 Å². The molecule has 1 saturated heterocycles. The zero-order chi connectivity index (χ0) is 43.5. The number of benzene rings is 2. The van der Waals surface area contributed by atoms with Crippen LogP contribution in [0.25, 0.3) is 21.4 Å². The highest BCUT2D eigenvalue weighted by molar-refractivity contribution is 8.00. The van der Waals surface area contributed by atoms with Gasteiger partial charge in [0, 0.05) is 82.7 Å². The SMILES string of the molecule is CSc1sc(-c2ccnc(NC3=CC(Cc4ccccc4CNCc4nc(-c5ccnc(Nc6cc(C)cc(C)c6)n5)sc4SC)=CC(C)C3)n2)nc1CNCCN1CCNCC1. The molecule has 1 unspecified atom stereocenters. The Hall–Kier alpha value is -4.52. The number of aromatic nitrogens is 6. The van der Waals surface area contributed by atoms with E-state index in [1.54, 1.807) is 52.4 Å². The Labute approximate surface area is 387 Å². The quantitative estimate of drug-likeness (QED) is 0.0390. The van der Waals surface area contributed by atoms with Crippen LogP contribution in [0, 0.1) is 19.8 Å². The van der Waals surface area contributed by atoms with E-state index in [2.05, 4.69) is 129 Å². The van der Waals surface area contributed by atoms with Gasteiger partial charge in [0.25, 0.3) is 0 Å². The van der Waals surface area contributed by atoms with Crippen LogP contribution in [-0.4, -0.2) is 86.6 Å². The summed E-state index contributed by atoms with van der Waals surface area (Å²) in [5, 5.41) is 19.5. The van der Waals surface area contributed by atoms with Gasteiger partial charge in [-0.2, -0.15) is 0 Å². The molecule has 2 aliphatic rings. The number of allylic oxidation sites excluding steroid dienone is 4. The summed E-state index contributed by atoms with van der Waals surface area (Å²) < 4.78 is 2.40. The predicted molar refractivity (Wildman–Crippen MR) is 264 cm³/mol. The molecule has 2 aromatic carbocycles. The van der Waals surface area contributed by atoms with Gasteiger partial charge in [-0.05, 0) is 103 Å². The molecule has 63 heavy (non-hydrogen) atoms. The summed E-state index contributed by atoms with van der Waals surface area (Å²) in [5.74, 6) is 1.53. The minimum Gasteiger partial charge on any atom is -0.328 e. The van der Waals surface area contributed by atoms with Crippen LogP contribution in [-0.2, 0) is 26.1 Å². The van der Waals surface area contributed by atoms with E-state index < -0.39 is 0 Å². The van der Waals surface area contributed by atoms with E-state index in [0.29, 0.717) is 24.4 Å². The van der Waals surface area contributed by atoms with Crippen molar-refractivity contribution in [3.8, 4) is 21.4 Å². The van der Waals surface area contributed by atoms with Crippen LogP contribution in [0.15, 0.2) is 98.8 Å². The van der Waals surface area contributed by atoms with E-state index >= 15 is 0 Å². The Kier molecular flexibility index (Phi) is 15.7. The van der Waals surface area contributed by atoms with Crippen LogP contribution in [0.2, 0.25) is 0 Å². The molecule has 16 heteroatoms. The monoisotopic (exact) mass is 916 g/mol. The van der Waals surface area contributed by atoms with Crippen LogP contribution in [0.3, 0.4) is 0 Å². The van der Waals surface area contributed by atoms with Crippen molar-refractivity contribution in [2.45, 2.75) is 61.7 Å². The van der Waals surface area contributed by atoms with Crippen LogP contribution < -0.4 is 26.6 Å². The predicted octanol–water partition coefficient (Wildman–Crippen LogP) is 9.11.